The second kappa shape index (κ2) is 20.8. The second-order valence-electron chi connectivity index (χ2n) is 16.3. The molecule has 2 atom stereocenters. The monoisotopic (exact) mass is 843 g/mol. The first-order valence-corrected chi connectivity index (χ1v) is 21.3. The highest BCUT2D eigenvalue weighted by molar-refractivity contribution is 6.08. The van der Waals surface area contributed by atoms with Crippen LogP contribution in [0.2, 0.25) is 0 Å². The predicted molar refractivity (Wildman–Crippen MR) is 241 cm³/mol. The summed E-state index contributed by atoms with van der Waals surface area (Å²) in [6.07, 6.45) is 9.91. The quantitative estimate of drug-likeness (QED) is 0.0851. The van der Waals surface area contributed by atoms with Gasteiger partial charge >= 0.3 is 18.0 Å². The maximum Gasteiger partial charge on any atom is 0.328 e. The molecule has 4 amide bonds. The minimum Gasteiger partial charge on any atom is -0.467 e. The van der Waals surface area contributed by atoms with Gasteiger partial charge in [0.2, 0.25) is 0 Å². The molecule has 2 aliphatic carbocycles. The number of nitrogens with one attached hydrogen (secondary N) is 4. The molecule has 2 aliphatic rings. The van der Waals surface area contributed by atoms with Crippen LogP contribution < -0.4 is 27.0 Å². The number of nitrogen functional groups attached to an aromatic ring is 1. The Morgan fingerprint density at radius 2 is 1.06 bits per heavy atom. The number of aryl methyl sites for hydroxylation is 3. The number of nitrogens with zero attached hydrogens (tertiary/aromatic N) is 2. The number of para-hydroxylation sites is 2. The molecule has 2 fully saturated rings. The average molecular weight is 844 g/mol. The summed E-state index contributed by atoms with van der Waals surface area (Å²) in [5, 5.41) is 13.0. The highest BCUT2D eigenvalue weighted by Gasteiger charge is 2.34. The van der Waals surface area contributed by atoms with Crippen molar-refractivity contribution in [2.45, 2.75) is 97.1 Å². The van der Waals surface area contributed by atoms with Crippen molar-refractivity contribution >= 4 is 68.7 Å². The molecule has 326 valence electrons. The highest BCUT2D eigenvalue weighted by Crippen LogP contribution is 2.30. The minimum atomic E-state index is -0.773. The van der Waals surface area contributed by atoms with Crippen molar-refractivity contribution in [3.63, 3.8) is 0 Å². The van der Waals surface area contributed by atoms with E-state index in [-0.39, 0.29) is 28.9 Å². The molecule has 14 heteroatoms. The lowest BCUT2D eigenvalue weighted by Gasteiger charge is -2.29. The van der Waals surface area contributed by atoms with Crippen molar-refractivity contribution < 1.29 is 33.4 Å². The second-order valence-corrected chi connectivity index (χ2v) is 16.3. The zero-order valence-electron chi connectivity index (χ0n) is 36.1. The van der Waals surface area contributed by atoms with Gasteiger partial charge in [0.15, 0.2) is 11.4 Å². The molecule has 0 aliphatic heterocycles. The summed E-state index contributed by atoms with van der Waals surface area (Å²) in [4.78, 5) is 73.0. The number of pyridine rings is 2. The first kappa shape index (κ1) is 45.0. The Morgan fingerprint density at radius 3 is 1.56 bits per heavy atom. The minimum absolute atomic E-state index is 0.00204. The highest BCUT2D eigenvalue weighted by atomic mass is 16.5. The molecule has 0 bridgehead atoms. The lowest BCUT2D eigenvalue weighted by molar-refractivity contribution is -0.145. The maximum absolute atomic E-state index is 13.5. The summed E-state index contributed by atoms with van der Waals surface area (Å²) >= 11 is 0. The van der Waals surface area contributed by atoms with Crippen LogP contribution in [-0.4, -0.2) is 66.1 Å². The standard InChI is InChI=1S/C29H34N4O4.C19H23N3O3/c1-17-14-18(2)24(19(3)15-17)33-29(36)31-23-16-21-12-8-9-13-22(21)30-26(23)27(34)32-25(28(35)37-4)20-10-6-5-7-11-20;1-25-19(24)16(12-7-3-2-4-8-12)22-18(23)17-14(20)11-13-9-5-6-10-15(13)21-17/h8-9,12-16,20,25H,5-7,10-11H2,1-4H3,(H,32,34)(H2,31,33,36);5-6,9-12,16H,2-4,7-8,20H2,1H3,(H,22,23)/t25-;16-/m00/s1. The number of aromatic nitrogens is 2. The van der Waals surface area contributed by atoms with Crippen molar-refractivity contribution in [3.05, 3.63) is 101 Å². The molecule has 0 saturated heterocycles. The van der Waals surface area contributed by atoms with E-state index in [1.807, 2.05) is 75.4 Å². The van der Waals surface area contributed by atoms with Gasteiger partial charge in [0, 0.05) is 16.5 Å². The summed E-state index contributed by atoms with van der Waals surface area (Å²) < 4.78 is 9.91. The van der Waals surface area contributed by atoms with Gasteiger partial charge in [-0.05, 0) is 93.7 Å². The maximum atomic E-state index is 13.5. The molecule has 0 radical (unpaired) electrons. The van der Waals surface area contributed by atoms with E-state index in [1.165, 1.54) is 14.2 Å². The van der Waals surface area contributed by atoms with E-state index in [2.05, 4.69) is 31.2 Å². The van der Waals surface area contributed by atoms with Crippen LogP contribution in [0.25, 0.3) is 21.8 Å². The zero-order valence-corrected chi connectivity index (χ0v) is 36.1. The van der Waals surface area contributed by atoms with E-state index in [1.54, 1.807) is 18.2 Å². The van der Waals surface area contributed by atoms with E-state index in [4.69, 9.17) is 15.2 Å². The zero-order chi connectivity index (χ0) is 44.3. The number of methoxy groups -OCH3 is 2. The number of ether oxygens (including phenoxy) is 2. The number of esters is 2. The van der Waals surface area contributed by atoms with Crippen molar-refractivity contribution in [1.82, 2.24) is 20.6 Å². The van der Waals surface area contributed by atoms with Crippen LogP contribution in [0.5, 0.6) is 0 Å². The van der Waals surface area contributed by atoms with Gasteiger partial charge in [-0.1, -0.05) is 92.6 Å². The van der Waals surface area contributed by atoms with Gasteiger partial charge < -0.3 is 36.5 Å². The molecular formula is C48H57N7O7. The molecule has 14 nitrogen and oxygen atoms in total. The number of hydrogen-bond acceptors (Lipinski definition) is 10. The van der Waals surface area contributed by atoms with Crippen LogP contribution >= 0.6 is 0 Å². The molecule has 2 aromatic heterocycles. The van der Waals surface area contributed by atoms with Crippen LogP contribution in [0.1, 0.15) is 102 Å². The smallest absolute Gasteiger partial charge is 0.328 e. The van der Waals surface area contributed by atoms with Crippen molar-refractivity contribution in [2.24, 2.45) is 11.8 Å². The Morgan fingerprint density at radius 1 is 0.613 bits per heavy atom. The van der Waals surface area contributed by atoms with E-state index in [0.29, 0.717) is 22.4 Å². The number of fused-ring (bicyclic) bond motifs is 2. The van der Waals surface area contributed by atoms with Crippen molar-refractivity contribution in [1.29, 1.82) is 0 Å². The molecule has 7 rings (SSSR count). The summed E-state index contributed by atoms with van der Waals surface area (Å²) in [7, 11) is 2.66. The molecule has 6 N–H and O–H groups in total. The van der Waals surface area contributed by atoms with Gasteiger partial charge in [-0.25, -0.2) is 24.4 Å². The molecule has 2 saturated carbocycles. The summed E-state index contributed by atoms with van der Waals surface area (Å²) in [6.45, 7) is 5.87. The fourth-order valence-corrected chi connectivity index (χ4v) is 8.69. The van der Waals surface area contributed by atoms with Crippen LogP contribution in [0.4, 0.5) is 21.9 Å². The molecule has 0 spiro atoms. The van der Waals surface area contributed by atoms with Crippen LogP contribution in [-0.2, 0) is 19.1 Å². The van der Waals surface area contributed by atoms with Crippen LogP contribution in [0, 0.1) is 32.6 Å². The van der Waals surface area contributed by atoms with Gasteiger partial charge in [0.05, 0.1) is 36.6 Å². The third-order valence-electron chi connectivity index (χ3n) is 11.8. The molecular weight excluding hydrogens is 787 g/mol. The number of carbonyl (C=O) groups excluding carboxylic acids is 5. The number of anilines is 3. The Hall–Kier alpha value is -6.57. The average Bonchev–Trinajstić information content (AvgIpc) is 3.28. The van der Waals surface area contributed by atoms with E-state index < -0.39 is 41.9 Å². The van der Waals surface area contributed by atoms with Crippen molar-refractivity contribution in [3.8, 4) is 0 Å². The number of hydrogen-bond donors (Lipinski definition) is 5. The number of rotatable bonds is 10. The lowest BCUT2D eigenvalue weighted by atomic mass is 9.84. The van der Waals surface area contributed by atoms with E-state index in [9.17, 15) is 24.0 Å². The Kier molecular flexibility index (Phi) is 15.1. The SMILES string of the molecule is COC(=O)[C@@H](NC(=O)c1nc2ccccc2cc1N)C1CCCCC1.COC(=O)[C@@H](NC(=O)c1nc2ccccc2cc1NC(=O)Nc1c(C)cc(C)cc1C)C1CCCCC1. The summed E-state index contributed by atoms with van der Waals surface area (Å²) in [6, 6.07) is 20.3. The molecule has 62 heavy (non-hydrogen) atoms. The largest absolute Gasteiger partial charge is 0.467 e. The van der Waals surface area contributed by atoms with Gasteiger partial charge in [-0.3, -0.25) is 9.59 Å². The summed E-state index contributed by atoms with van der Waals surface area (Å²) in [5.41, 5.74) is 11.7. The van der Waals surface area contributed by atoms with Gasteiger partial charge in [0.25, 0.3) is 11.8 Å². The number of urea groups is 1. The number of nitrogens with two attached hydrogens (primary N) is 1. The Balaban J connectivity index is 0.000000223. The lowest BCUT2D eigenvalue weighted by Crippen LogP contribution is -2.47. The predicted octanol–water partition coefficient (Wildman–Crippen LogP) is 8.32. The normalized spacial score (nSPS) is 15.3. The van der Waals surface area contributed by atoms with Crippen molar-refractivity contribution in [2.75, 3.05) is 30.6 Å². The third-order valence-corrected chi connectivity index (χ3v) is 11.8. The van der Waals surface area contributed by atoms with E-state index >= 15 is 0 Å². The summed E-state index contributed by atoms with van der Waals surface area (Å²) in [5.74, 6) is -1.78. The number of amides is 4. The van der Waals surface area contributed by atoms with Crippen LogP contribution in [0.3, 0.4) is 0 Å². The molecule has 0 unspecified atom stereocenters. The topological polar surface area (TPSA) is 204 Å². The number of carbonyl (C=O) groups is 5. The molecule has 2 heterocycles. The van der Waals surface area contributed by atoms with Gasteiger partial charge in [0.1, 0.15) is 12.1 Å². The first-order chi connectivity index (χ1) is 29.9. The first-order valence-electron chi connectivity index (χ1n) is 21.3. The Bertz CT molecular complexity index is 2420. The Labute approximate surface area is 362 Å². The van der Waals surface area contributed by atoms with Gasteiger partial charge in [-0.2, -0.15) is 0 Å². The fraction of sp³-hybridized carbons (Fsp3) is 0.396. The van der Waals surface area contributed by atoms with Crippen LogP contribution in [0.15, 0.2) is 72.8 Å². The molecule has 3 aromatic carbocycles. The number of benzene rings is 3. The van der Waals surface area contributed by atoms with Gasteiger partial charge in [-0.15, -0.1) is 0 Å². The molecule has 5 aromatic rings. The third kappa shape index (κ3) is 11.0. The van der Waals surface area contributed by atoms with E-state index in [0.717, 1.165) is 91.7 Å². The fourth-order valence-electron chi connectivity index (χ4n) is 8.69.